The van der Waals surface area contributed by atoms with Gasteiger partial charge in [-0.2, -0.15) is 0 Å². The van der Waals surface area contributed by atoms with Crippen LogP contribution in [0.25, 0.3) is 0 Å². The summed E-state index contributed by atoms with van der Waals surface area (Å²) in [5.41, 5.74) is 0. The van der Waals surface area contributed by atoms with E-state index in [1.165, 1.54) is 57.8 Å². The number of allylic oxidation sites excluding steroid dienone is 26. The van der Waals surface area contributed by atoms with Crippen LogP contribution in [-0.4, -0.2) is 37.9 Å². The Morgan fingerprint density at radius 3 is 1.04 bits per heavy atom. The van der Waals surface area contributed by atoms with Gasteiger partial charge in [0.2, 0.25) is 0 Å². The first-order valence-electron chi connectivity index (χ1n) is 29.0. The highest BCUT2D eigenvalue weighted by Gasteiger charge is 2.17. The molecule has 0 heterocycles. The first-order chi connectivity index (χ1) is 35.6. The summed E-state index contributed by atoms with van der Waals surface area (Å²) in [5.74, 6) is -0.518. The maximum Gasteiger partial charge on any atom is 0.306 e. The minimum atomic E-state index is -0.599. The van der Waals surface area contributed by atoms with E-state index < -0.39 is 6.10 Å². The highest BCUT2D eigenvalue weighted by atomic mass is 16.6. The van der Waals surface area contributed by atoms with Crippen molar-refractivity contribution in [1.82, 2.24) is 0 Å². The Kier molecular flexibility index (Phi) is 57.0. The van der Waals surface area contributed by atoms with Crippen molar-refractivity contribution in [2.75, 3.05) is 19.8 Å². The molecule has 5 heteroatoms. The van der Waals surface area contributed by atoms with Crippen LogP contribution in [0.4, 0.5) is 0 Å². The zero-order chi connectivity index (χ0) is 52.0. The summed E-state index contributed by atoms with van der Waals surface area (Å²) < 4.78 is 17.4. The lowest BCUT2D eigenvalue weighted by atomic mass is 10.1. The molecular formula is C67H106O5. The Morgan fingerprint density at radius 2 is 0.639 bits per heavy atom. The molecule has 0 aliphatic rings. The van der Waals surface area contributed by atoms with Gasteiger partial charge < -0.3 is 14.2 Å². The number of rotatable bonds is 51. The Bertz CT molecular complexity index is 1590. The molecule has 0 N–H and O–H groups in total. The summed E-state index contributed by atoms with van der Waals surface area (Å²) in [7, 11) is 0. The average Bonchev–Trinajstić information content (AvgIpc) is 3.38. The topological polar surface area (TPSA) is 61.8 Å². The van der Waals surface area contributed by atoms with Crippen molar-refractivity contribution in [2.24, 2.45) is 0 Å². The molecule has 72 heavy (non-hydrogen) atoms. The van der Waals surface area contributed by atoms with Gasteiger partial charge in [0, 0.05) is 19.4 Å². The van der Waals surface area contributed by atoms with E-state index in [1.54, 1.807) is 0 Å². The molecule has 0 aliphatic carbocycles. The molecule has 0 radical (unpaired) electrons. The van der Waals surface area contributed by atoms with Crippen molar-refractivity contribution in [2.45, 2.75) is 232 Å². The van der Waals surface area contributed by atoms with Crippen LogP contribution in [0.5, 0.6) is 0 Å². The Morgan fingerprint density at radius 1 is 0.319 bits per heavy atom. The van der Waals surface area contributed by atoms with E-state index >= 15 is 0 Å². The second kappa shape index (κ2) is 60.8. The molecule has 1 atom stereocenters. The molecule has 5 nitrogen and oxygen atoms in total. The van der Waals surface area contributed by atoms with Crippen molar-refractivity contribution in [3.8, 4) is 0 Å². The fraction of sp³-hybridized carbons (Fsp3) is 0.582. The lowest BCUT2D eigenvalue weighted by Gasteiger charge is -2.18. The fourth-order valence-corrected chi connectivity index (χ4v) is 7.28. The highest BCUT2D eigenvalue weighted by Crippen LogP contribution is 2.12. The third-order valence-corrected chi connectivity index (χ3v) is 11.5. The number of carbonyl (C=O) groups is 2. The van der Waals surface area contributed by atoms with Crippen molar-refractivity contribution >= 4 is 11.9 Å². The van der Waals surface area contributed by atoms with Crippen LogP contribution in [0.3, 0.4) is 0 Å². The van der Waals surface area contributed by atoms with Gasteiger partial charge in [0.1, 0.15) is 6.61 Å². The zero-order valence-corrected chi connectivity index (χ0v) is 46.4. The Labute approximate surface area is 444 Å². The molecule has 0 aromatic heterocycles. The zero-order valence-electron chi connectivity index (χ0n) is 46.4. The van der Waals surface area contributed by atoms with Crippen molar-refractivity contribution in [1.29, 1.82) is 0 Å². The second-order valence-electron chi connectivity index (χ2n) is 18.4. The summed E-state index contributed by atoms with van der Waals surface area (Å²) >= 11 is 0. The molecule has 0 aromatic rings. The van der Waals surface area contributed by atoms with E-state index in [1.807, 2.05) is 0 Å². The molecule has 0 rings (SSSR count). The van der Waals surface area contributed by atoms with Gasteiger partial charge in [0.25, 0.3) is 0 Å². The minimum Gasteiger partial charge on any atom is -0.462 e. The van der Waals surface area contributed by atoms with Gasteiger partial charge in [-0.3, -0.25) is 9.59 Å². The molecule has 0 saturated carbocycles. The number of hydrogen-bond donors (Lipinski definition) is 0. The Hall–Kier alpha value is -4.48. The normalized spacial score (nSPS) is 13.4. The summed E-state index contributed by atoms with van der Waals surface area (Å²) in [4.78, 5) is 25.5. The van der Waals surface area contributed by atoms with E-state index in [-0.39, 0.29) is 25.2 Å². The lowest BCUT2D eigenvalue weighted by molar-refractivity contribution is -0.162. The molecule has 0 spiro atoms. The first-order valence-corrected chi connectivity index (χ1v) is 29.0. The van der Waals surface area contributed by atoms with Gasteiger partial charge in [-0.1, -0.05) is 230 Å². The average molecular weight is 992 g/mol. The smallest absolute Gasteiger partial charge is 0.306 e. The summed E-state index contributed by atoms with van der Waals surface area (Å²) in [6, 6.07) is 0. The van der Waals surface area contributed by atoms with Crippen LogP contribution in [-0.2, 0) is 23.8 Å². The number of hydrogen-bond acceptors (Lipinski definition) is 5. The third kappa shape index (κ3) is 58.1. The van der Waals surface area contributed by atoms with E-state index in [0.717, 1.165) is 128 Å². The second-order valence-corrected chi connectivity index (χ2v) is 18.4. The maximum atomic E-state index is 12.9. The van der Waals surface area contributed by atoms with Gasteiger partial charge in [-0.25, -0.2) is 0 Å². The van der Waals surface area contributed by atoms with Crippen LogP contribution >= 0.6 is 0 Å². The quantitative estimate of drug-likeness (QED) is 0.0345. The summed E-state index contributed by atoms with van der Waals surface area (Å²) in [5, 5.41) is 0. The van der Waals surface area contributed by atoms with E-state index in [4.69, 9.17) is 14.2 Å². The molecular weight excluding hydrogens is 885 g/mol. The monoisotopic (exact) mass is 991 g/mol. The van der Waals surface area contributed by atoms with Crippen LogP contribution in [0.2, 0.25) is 0 Å². The van der Waals surface area contributed by atoms with E-state index in [0.29, 0.717) is 25.9 Å². The predicted molar refractivity (Wildman–Crippen MR) is 315 cm³/mol. The molecule has 0 aromatic carbocycles. The molecule has 1 unspecified atom stereocenters. The van der Waals surface area contributed by atoms with Gasteiger partial charge in [-0.05, 0) is 141 Å². The van der Waals surface area contributed by atoms with Gasteiger partial charge in [0.05, 0.1) is 6.61 Å². The van der Waals surface area contributed by atoms with E-state index in [9.17, 15) is 9.59 Å². The van der Waals surface area contributed by atoms with Crippen LogP contribution in [0.15, 0.2) is 158 Å². The van der Waals surface area contributed by atoms with Crippen LogP contribution < -0.4 is 0 Å². The number of esters is 2. The van der Waals surface area contributed by atoms with Gasteiger partial charge >= 0.3 is 11.9 Å². The summed E-state index contributed by atoms with van der Waals surface area (Å²) in [6.07, 6.45) is 89.8. The lowest BCUT2D eigenvalue weighted by Crippen LogP contribution is -2.30. The fourth-order valence-electron chi connectivity index (χ4n) is 7.28. The maximum absolute atomic E-state index is 12.9. The first kappa shape index (κ1) is 67.5. The molecule has 0 bridgehead atoms. The summed E-state index contributed by atoms with van der Waals surface area (Å²) in [6.45, 7) is 7.44. The largest absolute Gasteiger partial charge is 0.462 e. The van der Waals surface area contributed by atoms with Crippen LogP contribution in [0.1, 0.15) is 226 Å². The highest BCUT2D eigenvalue weighted by molar-refractivity contribution is 5.70. The third-order valence-electron chi connectivity index (χ3n) is 11.5. The molecule has 404 valence electrons. The van der Waals surface area contributed by atoms with E-state index in [2.05, 4.69) is 179 Å². The van der Waals surface area contributed by atoms with Gasteiger partial charge in [-0.15, -0.1) is 0 Å². The predicted octanol–water partition coefficient (Wildman–Crippen LogP) is 20.2. The number of ether oxygens (including phenoxy) is 3. The standard InChI is InChI=1S/C67H106O5/c1-4-7-10-13-16-19-22-25-28-31-33-35-38-41-44-47-50-53-56-59-62-70-63-65(72-67(69)61-58-55-52-49-46-43-40-36-30-27-24-21-18-15-12-9-6-3)64-71-66(68)60-57-54-51-48-45-42-39-37-34-32-29-26-23-20-17-14-11-8-5-2/h8-9,11-12,16-21,25-30,33-35,37,40,42-43,45,49,52,65H,4-7,10,13-15,22-24,31-32,36,38-39,41,44,46-48,50-51,53-64H2,1-3H3/b11-8-,12-9-,19-16-,20-17-,21-18-,28-25-,29-26-,30-27-,35-33-,37-34-,43-40-,45-42-,52-49-. The molecule has 0 aliphatic heterocycles. The van der Waals surface area contributed by atoms with Crippen molar-refractivity contribution < 1.29 is 23.8 Å². The van der Waals surface area contributed by atoms with Crippen molar-refractivity contribution in [3.05, 3.63) is 158 Å². The molecule has 0 fully saturated rings. The van der Waals surface area contributed by atoms with Crippen molar-refractivity contribution in [3.63, 3.8) is 0 Å². The van der Waals surface area contributed by atoms with Crippen LogP contribution in [0, 0.1) is 0 Å². The number of unbranched alkanes of at least 4 members (excludes halogenated alkanes) is 14. The Balaban J connectivity index is 4.49. The number of carbonyl (C=O) groups excluding carboxylic acids is 2. The SMILES string of the molecule is CC/C=C\C/C=C\C/C=C\C/C=C\C/C=C\CCCCCC(=O)OCC(COCCCCCCCCC/C=C\C/C=C\C/C=C\CCCCC)OC(=O)CCC/C=C\C/C=C\C/C=C\C/C=C\C/C=C\CC. The minimum absolute atomic E-state index is 0.0299. The molecule has 0 saturated heterocycles. The van der Waals surface area contributed by atoms with Gasteiger partial charge in [0.15, 0.2) is 6.10 Å². The molecule has 0 amide bonds.